The zero-order valence-corrected chi connectivity index (χ0v) is 16.8. The van der Waals surface area contributed by atoms with E-state index in [0.717, 1.165) is 15.8 Å². The Hall–Kier alpha value is -3.43. The van der Waals surface area contributed by atoms with E-state index in [-0.39, 0.29) is 6.10 Å². The van der Waals surface area contributed by atoms with Crippen LogP contribution in [-0.2, 0) is 26.4 Å². The molecule has 0 fully saturated rings. The molecule has 0 radical (unpaired) electrons. The zero-order valence-electron chi connectivity index (χ0n) is 16.8. The minimum absolute atomic E-state index is 0.386. The first-order valence-electron chi connectivity index (χ1n) is 9.34. The van der Waals surface area contributed by atoms with Gasteiger partial charge in [0.05, 0.1) is 24.5 Å². The van der Waals surface area contributed by atoms with E-state index in [2.05, 4.69) is 15.7 Å². The Morgan fingerprint density at radius 1 is 1.13 bits per heavy atom. The van der Waals surface area contributed by atoms with Crippen LogP contribution in [0, 0.1) is 0 Å². The van der Waals surface area contributed by atoms with Gasteiger partial charge in [0.1, 0.15) is 6.10 Å². The maximum absolute atomic E-state index is 13.0. The van der Waals surface area contributed by atoms with E-state index >= 15 is 0 Å². The molecule has 2 N–H and O–H groups in total. The number of urea groups is 1. The molecule has 30 heavy (non-hydrogen) atoms. The number of aromatic nitrogens is 2. The fourth-order valence-corrected chi connectivity index (χ4v) is 3.98. The fraction of sp³-hybridized carbons (Fsp3) is 0.286. The Morgan fingerprint density at radius 2 is 1.93 bits per heavy atom. The Balaban J connectivity index is 1.63. The van der Waals surface area contributed by atoms with E-state index in [9.17, 15) is 9.59 Å². The summed E-state index contributed by atoms with van der Waals surface area (Å²) in [7, 11) is 4.41. The number of ether oxygens (including phenoxy) is 3. The van der Waals surface area contributed by atoms with E-state index in [1.54, 1.807) is 25.3 Å². The summed E-state index contributed by atoms with van der Waals surface area (Å²) in [5.74, 6) is 0. The smallest absolute Gasteiger partial charge is 0.434 e. The molecule has 2 atom stereocenters. The van der Waals surface area contributed by atoms with Crippen molar-refractivity contribution in [1.82, 2.24) is 15.1 Å². The first-order chi connectivity index (χ1) is 14.5. The minimum Gasteiger partial charge on any atom is -0.451 e. The van der Waals surface area contributed by atoms with Crippen LogP contribution in [-0.4, -0.2) is 49.3 Å². The first-order valence-corrected chi connectivity index (χ1v) is 9.34. The molecule has 1 aliphatic carbocycles. The highest BCUT2D eigenvalue weighted by Gasteiger charge is 2.49. The summed E-state index contributed by atoms with van der Waals surface area (Å²) >= 11 is 0. The first kappa shape index (κ1) is 19.9. The highest BCUT2D eigenvalue weighted by molar-refractivity contribution is 6.02. The maximum atomic E-state index is 13.0. The Morgan fingerprint density at radius 3 is 2.67 bits per heavy atom. The number of carbonyl (C=O) groups excluding carboxylic acids is 2. The average molecular weight is 410 g/mol. The van der Waals surface area contributed by atoms with Gasteiger partial charge in [-0.15, -0.1) is 0 Å². The monoisotopic (exact) mass is 410 g/mol. The van der Waals surface area contributed by atoms with Gasteiger partial charge in [-0.25, -0.2) is 9.59 Å². The second-order valence-corrected chi connectivity index (χ2v) is 6.87. The molecule has 156 valence electrons. The molecule has 0 bridgehead atoms. The molecule has 0 spiro atoms. The van der Waals surface area contributed by atoms with Crippen molar-refractivity contribution in [3.05, 3.63) is 59.8 Å². The molecule has 9 nitrogen and oxygen atoms in total. The van der Waals surface area contributed by atoms with Crippen molar-refractivity contribution in [1.29, 1.82) is 0 Å². The van der Waals surface area contributed by atoms with Crippen molar-refractivity contribution in [2.45, 2.75) is 18.2 Å². The van der Waals surface area contributed by atoms with E-state index in [1.807, 2.05) is 24.3 Å². The number of amides is 2. The number of hydrogen-bond acceptors (Lipinski definition) is 6. The molecule has 0 saturated carbocycles. The topological polar surface area (TPSA) is 104 Å². The predicted molar refractivity (Wildman–Crippen MR) is 109 cm³/mol. The number of benzene rings is 2. The van der Waals surface area contributed by atoms with Crippen LogP contribution in [0.3, 0.4) is 0 Å². The van der Waals surface area contributed by atoms with Gasteiger partial charge < -0.3 is 24.8 Å². The number of nitrogens with zero attached hydrogens (tertiary/aromatic N) is 2. The van der Waals surface area contributed by atoms with Crippen molar-refractivity contribution in [3.8, 4) is 0 Å². The average Bonchev–Trinajstić information content (AvgIpc) is 3.33. The minimum atomic E-state index is -1.13. The lowest BCUT2D eigenvalue weighted by molar-refractivity contribution is -0.125. The van der Waals surface area contributed by atoms with Gasteiger partial charge in [-0.1, -0.05) is 30.3 Å². The lowest BCUT2D eigenvalue weighted by atomic mass is 10.0. The molecule has 2 amide bonds. The fourth-order valence-electron chi connectivity index (χ4n) is 3.98. The molecule has 2 aromatic carbocycles. The summed E-state index contributed by atoms with van der Waals surface area (Å²) in [6.45, 7) is 0. The third kappa shape index (κ3) is 3.08. The second-order valence-electron chi connectivity index (χ2n) is 6.87. The molecule has 2 unspecified atom stereocenters. The molecule has 4 rings (SSSR count). The summed E-state index contributed by atoms with van der Waals surface area (Å²) in [6, 6.07) is 12.4. The summed E-state index contributed by atoms with van der Waals surface area (Å²) in [5.41, 5.74) is 1.78. The number of fused-ring (bicyclic) bond motifs is 2. The quantitative estimate of drug-likeness (QED) is 0.641. The third-order valence-corrected chi connectivity index (χ3v) is 5.39. The molecule has 0 saturated heterocycles. The Bertz CT molecular complexity index is 1110. The van der Waals surface area contributed by atoms with Gasteiger partial charge in [-0.3, -0.25) is 0 Å². The molecular weight excluding hydrogens is 388 g/mol. The van der Waals surface area contributed by atoms with Gasteiger partial charge in [0.15, 0.2) is 5.72 Å². The van der Waals surface area contributed by atoms with Crippen LogP contribution in [0.1, 0.15) is 11.1 Å². The molecule has 3 aromatic rings. The summed E-state index contributed by atoms with van der Waals surface area (Å²) in [4.78, 5) is 24.8. The highest BCUT2D eigenvalue weighted by Crippen LogP contribution is 2.39. The van der Waals surface area contributed by atoms with Gasteiger partial charge in [0, 0.05) is 31.6 Å². The molecule has 1 heterocycles. The summed E-state index contributed by atoms with van der Waals surface area (Å²) < 4.78 is 17.3. The van der Waals surface area contributed by atoms with Crippen molar-refractivity contribution in [3.63, 3.8) is 0 Å². The van der Waals surface area contributed by atoms with E-state index < -0.39 is 17.8 Å². The van der Waals surface area contributed by atoms with Gasteiger partial charge in [-0.2, -0.15) is 9.78 Å². The van der Waals surface area contributed by atoms with Crippen LogP contribution in [0.5, 0.6) is 0 Å². The number of rotatable bonds is 4. The molecular formula is C21H22N4O5. The van der Waals surface area contributed by atoms with Crippen LogP contribution >= 0.6 is 0 Å². The maximum Gasteiger partial charge on any atom is 0.434 e. The number of nitrogens with one attached hydrogen (secondary N) is 2. The number of carbonyl (C=O) groups is 2. The zero-order chi connectivity index (χ0) is 21.3. The van der Waals surface area contributed by atoms with Crippen LogP contribution < -0.4 is 10.6 Å². The second kappa shape index (κ2) is 7.77. The Labute approximate surface area is 172 Å². The van der Waals surface area contributed by atoms with Crippen molar-refractivity contribution < 1.29 is 23.8 Å². The van der Waals surface area contributed by atoms with Crippen molar-refractivity contribution in [2.24, 2.45) is 0 Å². The van der Waals surface area contributed by atoms with Crippen LogP contribution in [0.15, 0.2) is 48.7 Å². The largest absolute Gasteiger partial charge is 0.451 e. The summed E-state index contributed by atoms with van der Waals surface area (Å²) in [5, 5.41) is 10.4. The molecule has 9 heteroatoms. The van der Waals surface area contributed by atoms with Crippen molar-refractivity contribution >= 4 is 28.7 Å². The third-order valence-electron chi connectivity index (χ3n) is 5.39. The van der Waals surface area contributed by atoms with Crippen LogP contribution in [0.25, 0.3) is 10.9 Å². The standard InChI is InChI=1S/C21H22N4O5/c1-28-18-11-13-7-4-5-8-15(13)21(18,30-3)24-19(26)23-16-9-6-10-17-14(16)12-22-25(17)20(27)29-2/h4-10,12,18H,11H2,1-3H3,(H2,23,24,26). The van der Waals surface area contributed by atoms with E-state index in [4.69, 9.17) is 14.2 Å². The van der Waals surface area contributed by atoms with Gasteiger partial charge in [-0.05, 0) is 17.7 Å². The number of hydrogen-bond donors (Lipinski definition) is 2. The molecule has 1 aromatic heterocycles. The van der Waals surface area contributed by atoms with Gasteiger partial charge in [0.2, 0.25) is 0 Å². The lowest BCUT2D eigenvalue weighted by Gasteiger charge is -2.35. The normalized spacial score (nSPS) is 20.0. The van der Waals surface area contributed by atoms with Crippen LogP contribution in [0.2, 0.25) is 0 Å². The van der Waals surface area contributed by atoms with E-state index in [1.165, 1.54) is 20.4 Å². The molecule has 0 aliphatic heterocycles. The Kier molecular flexibility index (Phi) is 5.15. The molecule has 1 aliphatic rings. The van der Waals surface area contributed by atoms with Crippen LogP contribution in [0.4, 0.5) is 15.3 Å². The lowest BCUT2D eigenvalue weighted by Crippen LogP contribution is -2.55. The SMILES string of the molecule is COC(=O)n1ncc2c(NC(=O)NC3(OC)c4ccccc4CC3OC)cccc21. The van der Waals surface area contributed by atoms with E-state index in [0.29, 0.717) is 23.0 Å². The van der Waals surface area contributed by atoms with Gasteiger partial charge >= 0.3 is 12.1 Å². The predicted octanol–water partition coefficient (Wildman–Crippen LogP) is 2.84. The number of methoxy groups -OCH3 is 3. The highest BCUT2D eigenvalue weighted by atomic mass is 16.6. The van der Waals surface area contributed by atoms with Gasteiger partial charge in [0.25, 0.3) is 0 Å². The number of anilines is 1. The summed E-state index contributed by atoms with van der Waals surface area (Å²) in [6.07, 6.45) is 1.11. The van der Waals surface area contributed by atoms with Crippen molar-refractivity contribution in [2.75, 3.05) is 26.6 Å².